The first-order valence-corrected chi connectivity index (χ1v) is 5.46. The van der Waals surface area contributed by atoms with Gasteiger partial charge in [-0.2, -0.15) is 5.10 Å². The highest BCUT2D eigenvalue weighted by Gasteiger charge is 2.22. The molecule has 7 heteroatoms. The van der Waals surface area contributed by atoms with Crippen molar-refractivity contribution in [1.29, 1.82) is 0 Å². The molecule has 0 bridgehead atoms. The summed E-state index contributed by atoms with van der Waals surface area (Å²) in [5.74, 6) is -0.604. The summed E-state index contributed by atoms with van der Waals surface area (Å²) in [4.78, 5) is 23.4. The number of aliphatic hydroxyl groups excluding tert-OH is 1. The lowest BCUT2D eigenvalue weighted by molar-refractivity contribution is 0.00318. The number of aryl methyl sites for hydroxylation is 1. The van der Waals surface area contributed by atoms with E-state index < -0.39 is 23.7 Å². The van der Waals surface area contributed by atoms with Crippen LogP contribution in [0.25, 0.3) is 0 Å². The van der Waals surface area contributed by atoms with Crippen LogP contribution in [0.2, 0.25) is 0 Å². The molecule has 1 rings (SSSR count). The summed E-state index contributed by atoms with van der Waals surface area (Å²) in [5, 5.41) is 26.8. The largest absolute Gasteiger partial charge is 0.393 e. The van der Waals surface area contributed by atoms with Gasteiger partial charge in [-0.3, -0.25) is 9.59 Å². The zero-order valence-corrected chi connectivity index (χ0v) is 10.6. The Hall–Kier alpha value is -1.73. The van der Waals surface area contributed by atoms with Crippen molar-refractivity contribution in [3.8, 4) is 0 Å². The Kier molecular flexibility index (Phi) is 4.20. The van der Waals surface area contributed by atoms with Crippen LogP contribution in [0.4, 0.5) is 0 Å². The van der Waals surface area contributed by atoms with E-state index in [1.165, 1.54) is 6.92 Å². The van der Waals surface area contributed by atoms with Crippen LogP contribution in [-0.4, -0.2) is 45.1 Å². The molecule has 0 aliphatic rings. The molecule has 1 aromatic rings. The normalized spacial score (nSPS) is 14.1. The van der Waals surface area contributed by atoms with Crippen molar-refractivity contribution in [3.05, 3.63) is 27.2 Å². The van der Waals surface area contributed by atoms with Crippen LogP contribution in [0, 0.1) is 13.8 Å². The number of nitrogens with one attached hydrogen (secondary N) is 2. The summed E-state index contributed by atoms with van der Waals surface area (Å²) >= 11 is 0. The highest BCUT2D eigenvalue weighted by molar-refractivity contribution is 5.95. The number of carbonyl (C=O) groups is 1. The van der Waals surface area contributed by atoms with Crippen LogP contribution in [0.15, 0.2) is 4.79 Å². The summed E-state index contributed by atoms with van der Waals surface area (Å²) in [5.41, 5.74) is -0.998. The topological polar surface area (TPSA) is 115 Å². The fourth-order valence-electron chi connectivity index (χ4n) is 1.31. The summed E-state index contributed by atoms with van der Waals surface area (Å²) in [6, 6.07) is 0. The molecule has 1 aromatic heterocycles. The average molecular weight is 255 g/mol. The molecule has 1 heterocycles. The Bertz CT molecular complexity index is 508. The number of amides is 1. The van der Waals surface area contributed by atoms with Gasteiger partial charge in [0.1, 0.15) is 11.2 Å². The maximum Gasteiger partial charge on any atom is 0.277 e. The van der Waals surface area contributed by atoms with Gasteiger partial charge in [0.05, 0.1) is 12.3 Å². The zero-order valence-electron chi connectivity index (χ0n) is 10.6. The second-order valence-corrected chi connectivity index (χ2v) is 4.48. The van der Waals surface area contributed by atoms with E-state index in [0.29, 0.717) is 11.3 Å². The number of aromatic amines is 1. The molecule has 0 aliphatic carbocycles. The predicted molar refractivity (Wildman–Crippen MR) is 64.4 cm³/mol. The van der Waals surface area contributed by atoms with Crippen molar-refractivity contribution in [2.24, 2.45) is 0 Å². The minimum atomic E-state index is -1.42. The lowest BCUT2D eigenvalue weighted by Gasteiger charge is -2.20. The maximum absolute atomic E-state index is 11.8. The maximum atomic E-state index is 11.8. The Balaban J connectivity index is 2.93. The molecule has 4 N–H and O–H groups in total. The molecular formula is C11H17N3O4. The van der Waals surface area contributed by atoms with Crippen LogP contribution in [0.5, 0.6) is 0 Å². The number of carbonyl (C=O) groups excluding carboxylic acids is 1. The summed E-state index contributed by atoms with van der Waals surface area (Å²) in [7, 11) is 0. The van der Waals surface area contributed by atoms with E-state index in [9.17, 15) is 14.7 Å². The minimum absolute atomic E-state index is 0.0313. The number of aliphatic hydroxyl groups is 2. The van der Waals surface area contributed by atoms with Crippen molar-refractivity contribution in [3.63, 3.8) is 0 Å². The quantitative estimate of drug-likeness (QED) is 0.543. The van der Waals surface area contributed by atoms with Crippen molar-refractivity contribution in [1.82, 2.24) is 15.5 Å². The van der Waals surface area contributed by atoms with Gasteiger partial charge in [-0.05, 0) is 26.3 Å². The zero-order chi connectivity index (χ0) is 13.9. The first-order valence-electron chi connectivity index (χ1n) is 5.46. The molecular weight excluding hydrogens is 238 g/mol. The van der Waals surface area contributed by atoms with Crippen LogP contribution >= 0.6 is 0 Å². The third-order valence-electron chi connectivity index (χ3n) is 2.67. The van der Waals surface area contributed by atoms with E-state index in [-0.39, 0.29) is 12.1 Å². The van der Waals surface area contributed by atoms with Gasteiger partial charge in [-0.1, -0.05) is 0 Å². The van der Waals surface area contributed by atoms with Gasteiger partial charge >= 0.3 is 0 Å². The molecule has 0 aliphatic heterocycles. The van der Waals surface area contributed by atoms with Gasteiger partial charge < -0.3 is 15.5 Å². The van der Waals surface area contributed by atoms with Gasteiger partial charge in [-0.15, -0.1) is 0 Å². The second-order valence-electron chi connectivity index (χ2n) is 4.48. The molecule has 1 unspecified atom stereocenters. The molecule has 100 valence electrons. The number of rotatable bonds is 4. The number of hydrogen-bond acceptors (Lipinski definition) is 5. The monoisotopic (exact) mass is 255 g/mol. The molecule has 0 spiro atoms. The van der Waals surface area contributed by atoms with Crippen molar-refractivity contribution < 1.29 is 15.0 Å². The van der Waals surface area contributed by atoms with Gasteiger partial charge in [0, 0.05) is 6.54 Å². The van der Waals surface area contributed by atoms with E-state index in [1.54, 1.807) is 13.8 Å². The standard InChI is InChI=1S/C11H17N3O4/c1-6-7(2)13-14-10(17)8(6)9(16)12-4-11(3,18)5-15/h15,18H,4-5H2,1-3H3,(H,12,16)(H,14,17). The van der Waals surface area contributed by atoms with Crippen molar-refractivity contribution in [2.45, 2.75) is 26.4 Å². The van der Waals surface area contributed by atoms with Crippen molar-refractivity contribution >= 4 is 5.91 Å². The van der Waals surface area contributed by atoms with E-state index in [4.69, 9.17) is 5.11 Å². The Labute approximate surface area is 104 Å². The van der Waals surface area contributed by atoms with Gasteiger partial charge in [0.15, 0.2) is 0 Å². The van der Waals surface area contributed by atoms with Gasteiger partial charge in [0.2, 0.25) is 0 Å². The second kappa shape index (κ2) is 5.28. The Morgan fingerprint density at radius 1 is 1.50 bits per heavy atom. The number of H-pyrrole nitrogens is 1. The lowest BCUT2D eigenvalue weighted by atomic mass is 10.1. The molecule has 1 atom stereocenters. The minimum Gasteiger partial charge on any atom is -0.393 e. The molecule has 0 radical (unpaired) electrons. The fourth-order valence-corrected chi connectivity index (χ4v) is 1.31. The van der Waals surface area contributed by atoms with E-state index in [2.05, 4.69) is 15.5 Å². The van der Waals surface area contributed by atoms with Gasteiger partial charge in [0.25, 0.3) is 11.5 Å². The van der Waals surface area contributed by atoms with E-state index in [1.807, 2.05) is 0 Å². The van der Waals surface area contributed by atoms with Crippen LogP contribution in [-0.2, 0) is 0 Å². The SMILES string of the molecule is Cc1n[nH]c(=O)c(C(=O)NCC(C)(O)CO)c1C. The van der Waals surface area contributed by atoms with Crippen LogP contribution in [0.1, 0.15) is 28.5 Å². The van der Waals surface area contributed by atoms with E-state index in [0.717, 1.165) is 0 Å². The average Bonchev–Trinajstić information content (AvgIpc) is 2.32. The molecule has 0 aromatic carbocycles. The van der Waals surface area contributed by atoms with Crippen LogP contribution < -0.4 is 10.9 Å². The molecule has 0 saturated heterocycles. The fraction of sp³-hybridized carbons (Fsp3) is 0.545. The molecule has 7 nitrogen and oxygen atoms in total. The van der Waals surface area contributed by atoms with E-state index >= 15 is 0 Å². The molecule has 1 amide bonds. The highest BCUT2D eigenvalue weighted by atomic mass is 16.3. The molecule has 18 heavy (non-hydrogen) atoms. The third-order valence-corrected chi connectivity index (χ3v) is 2.67. The Morgan fingerprint density at radius 3 is 2.67 bits per heavy atom. The smallest absolute Gasteiger partial charge is 0.277 e. The summed E-state index contributed by atoms with van der Waals surface area (Å²) in [6.07, 6.45) is 0. The van der Waals surface area contributed by atoms with Gasteiger partial charge in [-0.25, -0.2) is 5.10 Å². The molecule has 0 fully saturated rings. The number of hydrogen-bond donors (Lipinski definition) is 4. The number of aromatic nitrogens is 2. The lowest BCUT2D eigenvalue weighted by Crippen LogP contribution is -2.44. The molecule has 0 saturated carbocycles. The highest BCUT2D eigenvalue weighted by Crippen LogP contribution is 2.05. The van der Waals surface area contributed by atoms with Crippen molar-refractivity contribution in [2.75, 3.05) is 13.2 Å². The first-order chi connectivity index (χ1) is 8.28. The summed E-state index contributed by atoms with van der Waals surface area (Å²) in [6.45, 7) is 4.03. The third kappa shape index (κ3) is 3.14. The Morgan fingerprint density at radius 2 is 2.11 bits per heavy atom. The predicted octanol–water partition coefficient (Wildman–Crippen LogP) is -1.14. The first kappa shape index (κ1) is 14.3. The number of nitrogens with zero attached hydrogens (tertiary/aromatic N) is 1. The summed E-state index contributed by atoms with van der Waals surface area (Å²) < 4.78 is 0. The van der Waals surface area contributed by atoms with Crippen LogP contribution in [0.3, 0.4) is 0 Å².